The molecule has 6 nitrogen and oxygen atoms in total. The summed E-state index contributed by atoms with van der Waals surface area (Å²) >= 11 is 0. The monoisotopic (exact) mass is 315 g/mol. The summed E-state index contributed by atoms with van der Waals surface area (Å²) in [6.07, 6.45) is 8.36. The number of hydrogen-bond donors (Lipinski definition) is 3. The zero-order chi connectivity index (χ0) is 15.6. The second-order valence-electron chi connectivity index (χ2n) is 6.81. The van der Waals surface area contributed by atoms with E-state index in [0.717, 1.165) is 26.1 Å². The summed E-state index contributed by atoms with van der Waals surface area (Å²) in [6.45, 7) is 3.05. The summed E-state index contributed by atoms with van der Waals surface area (Å²) < 4.78 is 0. The van der Waals surface area contributed by atoms with E-state index in [0.29, 0.717) is 0 Å². The molecule has 3 saturated heterocycles. The van der Waals surface area contributed by atoms with Gasteiger partial charge in [-0.1, -0.05) is 6.42 Å². The third-order valence-electron chi connectivity index (χ3n) is 5.42. The van der Waals surface area contributed by atoms with Gasteiger partial charge >= 0.3 is 0 Å². The van der Waals surface area contributed by atoms with E-state index >= 15 is 0 Å². The van der Waals surface area contributed by atoms with E-state index in [-0.39, 0.29) is 30.2 Å². The lowest BCUT2D eigenvalue weighted by molar-refractivity contribution is -0.135. The van der Waals surface area contributed by atoms with E-state index in [9.17, 15) is 4.79 Å². The van der Waals surface area contributed by atoms with Gasteiger partial charge in [0.15, 0.2) is 0 Å². The minimum absolute atomic E-state index is 0.0345. The summed E-state index contributed by atoms with van der Waals surface area (Å²) in [5, 5.41) is 10.3. The number of amides is 1. The van der Waals surface area contributed by atoms with E-state index < -0.39 is 0 Å². The number of hydrogen-bond acceptors (Lipinski definition) is 5. The number of likely N-dealkylation sites (tertiary alicyclic amines) is 1. The third-order valence-corrected chi connectivity index (χ3v) is 5.42. The van der Waals surface area contributed by atoms with Crippen molar-refractivity contribution in [1.29, 1.82) is 0 Å². The molecule has 3 N–H and O–H groups in total. The van der Waals surface area contributed by atoms with Gasteiger partial charge < -0.3 is 10.6 Å². The van der Waals surface area contributed by atoms with Gasteiger partial charge in [-0.15, -0.1) is 0 Å². The Morgan fingerprint density at radius 2 is 1.91 bits per heavy atom. The Morgan fingerprint density at radius 3 is 2.70 bits per heavy atom. The number of piperidine rings is 2. The first-order valence-corrected chi connectivity index (χ1v) is 8.77. The molecule has 1 aromatic rings. The van der Waals surface area contributed by atoms with Gasteiger partial charge in [0, 0.05) is 25.5 Å². The van der Waals surface area contributed by atoms with Crippen molar-refractivity contribution in [3.05, 3.63) is 30.1 Å². The Hall–Kier alpha value is -1.50. The van der Waals surface area contributed by atoms with Crippen molar-refractivity contribution in [1.82, 2.24) is 25.8 Å². The lowest BCUT2D eigenvalue weighted by Crippen LogP contribution is -2.72. The van der Waals surface area contributed by atoms with Crippen LogP contribution < -0.4 is 16.0 Å². The molecule has 3 fully saturated rings. The molecule has 0 aromatic carbocycles. The average Bonchev–Trinajstić information content (AvgIpc) is 2.62. The largest absolute Gasteiger partial charge is 0.328 e. The summed E-state index contributed by atoms with van der Waals surface area (Å²) in [7, 11) is 0. The molecular weight excluding hydrogens is 290 g/mol. The summed E-state index contributed by atoms with van der Waals surface area (Å²) in [4.78, 5) is 19.3. The molecule has 4 heterocycles. The van der Waals surface area contributed by atoms with Crippen LogP contribution in [0.1, 0.15) is 37.2 Å². The summed E-state index contributed by atoms with van der Waals surface area (Å²) in [5.74, 6) is 0.351. The van der Waals surface area contributed by atoms with Crippen LogP contribution in [0.2, 0.25) is 0 Å². The fourth-order valence-corrected chi connectivity index (χ4v) is 4.23. The minimum atomic E-state index is -0.0628. The average molecular weight is 315 g/mol. The first-order valence-electron chi connectivity index (χ1n) is 8.77. The lowest BCUT2D eigenvalue weighted by Gasteiger charge is -2.47. The number of nitrogens with one attached hydrogen (secondary N) is 3. The Morgan fingerprint density at radius 1 is 1.13 bits per heavy atom. The lowest BCUT2D eigenvalue weighted by atomic mass is 9.78. The van der Waals surface area contributed by atoms with Gasteiger partial charge in [0.05, 0.1) is 12.1 Å². The Balaban J connectivity index is 1.52. The van der Waals surface area contributed by atoms with E-state index in [1.54, 1.807) is 0 Å². The fraction of sp³-hybridized carbons (Fsp3) is 0.647. The zero-order valence-corrected chi connectivity index (χ0v) is 13.4. The van der Waals surface area contributed by atoms with Crippen molar-refractivity contribution < 1.29 is 4.79 Å². The highest BCUT2D eigenvalue weighted by Crippen LogP contribution is 2.34. The highest BCUT2D eigenvalue weighted by Gasteiger charge is 2.44. The second-order valence-corrected chi connectivity index (χ2v) is 6.81. The number of aromatic nitrogens is 1. The predicted molar refractivity (Wildman–Crippen MR) is 87.4 cm³/mol. The smallest absolute Gasteiger partial charge is 0.228 e. The quantitative estimate of drug-likeness (QED) is 0.745. The van der Waals surface area contributed by atoms with Gasteiger partial charge in [-0.3, -0.25) is 20.0 Å². The van der Waals surface area contributed by atoms with Gasteiger partial charge in [0.25, 0.3) is 0 Å². The highest BCUT2D eigenvalue weighted by atomic mass is 16.2. The standard InChI is InChI=1S/C17H25N5O/c23-16-14-13(12-4-7-18-8-5-12)6-9-19-15(14)20-17(21-16)22-10-2-1-3-11-22/h4-5,7-8,13-15,17,19-20H,1-3,6,9-11H2,(H,21,23). The van der Waals surface area contributed by atoms with Gasteiger partial charge in [0.2, 0.25) is 5.91 Å². The number of fused-ring (bicyclic) bond motifs is 1. The van der Waals surface area contributed by atoms with Crippen molar-refractivity contribution in [2.75, 3.05) is 19.6 Å². The molecule has 4 rings (SSSR count). The van der Waals surface area contributed by atoms with Gasteiger partial charge in [-0.2, -0.15) is 0 Å². The van der Waals surface area contributed by atoms with Crippen LogP contribution in [-0.2, 0) is 4.79 Å². The zero-order valence-electron chi connectivity index (χ0n) is 13.4. The molecule has 1 amide bonds. The molecule has 6 heteroatoms. The van der Waals surface area contributed by atoms with Gasteiger partial charge in [-0.05, 0) is 49.4 Å². The van der Waals surface area contributed by atoms with Crippen LogP contribution in [0.3, 0.4) is 0 Å². The summed E-state index contributed by atoms with van der Waals surface area (Å²) in [5.41, 5.74) is 1.21. The van der Waals surface area contributed by atoms with Gasteiger partial charge in [-0.25, -0.2) is 0 Å². The van der Waals surface area contributed by atoms with Crippen LogP contribution in [0, 0.1) is 5.92 Å². The maximum Gasteiger partial charge on any atom is 0.228 e. The SMILES string of the molecule is O=C1NC(N2CCCCC2)NC2NCCC(c3ccncc3)C12. The van der Waals surface area contributed by atoms with Crippen molar-refractivity contribution in [3.8, 4) is 0 Å². The second kappa shape index (κ2) is 6.55. The van der Waals surface area contributed by atoms with Crippen LogP contribution in [0.25, 0.3) is 0 Å². The first-order chi connectivity index (χ1) is 11.3. The van der Waals surface area contributed by atoms with Gasteiger partial charge in [0.1, 0.15) is 6.29 Å². The number of pyridine rings is 1. The molecule has 3 aliphatic heterocycles. The first kappa shape index (κ1) is 15.1. The summed E-state index contributed by atoms with van der Waals surface area (Å²) in [6, 6.07) is 4.08. The molecule has 23 heavy (non-hydrogen) atoms. The van der Waals surface area contributed by atoms with E-state index in [1.165, 1.54) is 24.8 Å². The predicted octanol–water partition coefficient (Wildman–Crippen LogP) is 0.590. The fourth-order valence-electron chi connectivity index (χ4n) is 4.23. The van der Waals surface area contributed by atoms with E-state index in [4.69, 9.17) is 0 Å². The van der Waals surface area contributed by atoms with Crippen molar-refractivity contribution in [2.45, 2.75) is 44.1 Å². The number of carbonyl (C=O) groups is 1. The third kappa shape index (κ3) is 2.98. The molecule has 4 unspecified atom stereocenters. The number of nitrogens with zero attached hydrogens (tertiary/aromatic N) is 2. The van der Waals surface area contributed by atoms with E-state index in [2.05, 4.69) is 25.8 Å². The molecule has 3 aliphatic rings. The Labute approximate surface area is 137 Å². The maximum absolute atomic E-state index is 12.8. The van der Waals surface area contributed by atoms with Crippen LogP contribution in [-0.4, -0.2) is 47.9 Å². The topological polar surface area (TPSA) is 69.3 Å². The van der Waals surface area contributed by atoms with Crippen LogP contribution >= 0.6 is 0 Å². The molecule has 0 aliphatic carbocycles. The molecule has 4 atom stereocenters. The van der Waals surface area contributed by atoms with Crippen molar-refractivity contribution >= 4 is 5.91 Å². The van der Waals surface area contributed by atoms with Crippen molar-refractivity contribution in [3.63, 3.8) is 0 Å². The van der Waals surface area contributed by atoms with Crippen LogP contribution in [0.5, 0.6) is 0 Å². The Bertz CT molecular complexity index is 545. The molecule has 0 saturated carbocycles. The Kier molecular flexibility index (Phi) is 4.29. The minimum Gasteiger partial charge on any atom is -0.328 e. The van der Waals surface area contributed by atoms with Crippen LogP contribution in [0.15, 0.2) is 24.5 Å². The van der Waals surface area contributed by atoms with Crippen LogP contribution in [0.4, 0.5) is 0 Å². The molecule has 0 radical (unpaired) electrons. The molecule has 124 valence electrons. The molecule has 0 spiro atoms. The molecule has 1 aromatic heterocycles. The number of rotatable bonds is 2. The normalized spacial score (nSPS) is 35.4. The molecular formula is C17H25N5O. The maximum atomic E-state index is 12.8. The van der Waals surface area contributed by atoms with Crippen molar-refractivity contribution in [2.24, 2.45) is 5.92 Å². The number of carbonyl (C=O) groups excluding carboxylic acids is 1. The van der Waals surface area contributed by atoms with E-state index in [1.807, 2.05) is 24.5 Å². The molecule has 0 bridgehead atoms. The highest BCUT2D eigenvalue weighted by molar-refractivity contribution is 5.81.